The number of allylic oxidation sites excluding steroid dienone is 1. The Hall–Kier alpha value is -1.82. The maximum Gasteiger partial charge on any atom is 0.410 e. The summed E-state index contributed by atoms with van der Waals surface area (Å²) in [5, 5.41) is 0. The predicted molar refractivity (Wildman–Crippen MR) is 106 cm³/mol. The molecule has 28 heavy (non-hydrogen) atoms. The Morgan fingerprint density at radius 3 is 2.75 bits per heavy atom. The second-order valence-electron chi connectivity index (χ2n) is 8.33. The highest BCUT2D eigenvalue weighted by atomic mass is 16.6. The molecule has 0 unspecified atom stereocenters. The second-order valence-corrected chi connectivity index (χ2v) is 8.33. The van der Waals surface area contributed by atoms with E-state index in [0.717, 1.165) is 44.1 Å². The van der Waals surface area contributed by atoms with E-state index in [1.165, 1.54) is 0 Å². The monoisotopic (exact) mass is 391 g/mol. The molecule has 0 spiro atoms. The van der Waals surface area contributed by atoms with Crippen LogP contribution in [0.3, 0.4) is 0 Å². The van der Waals surface area contributed by atoms with Crippen molar-refractivity contribution in [2.24, 2.45) is 5.92 Å². The van der Waals surface area contributed by atoms with Gasteiger partial charge in [0, 0.05) is 24.6 Å². The number of carbonyl (C=O) groups excluding carboxylic acids is 2. The van der Waals surface area contributed by atoms with E-state index in [4.69, 9.17) is 14.2 Å². The highest BCUT2D eigenvalue weighted by Crippen LogP contribution is 2.49. The number of hydrogen-bond donors (Lipinski definition) is 0. The van der Waals surface area contributed by atoms with E-state index in [2.05, 4.69) is 33.4 Å². The quantitative estimate of drug-likeness (QED) is 0.296. The normalized spacial score (nSPS) is 33.8. The summed E-state index contributed by atoms with van der Waals surface area (Å²) in [7, 11) is 0. The van der Waals surface area contributed by atoms with Crippen LogP contribution in [-0.4, -0.2) is 54.5 Å². The maximum absolute atomic E-state index is 12.4. The fourth-order valence-electron chi connectivity index (χ4n) is 4.33. The molecule has 2 heterocycles. The smallest absolute Gasteiger partial charge is 0.410 e. The number of carbonyl (C=O) groups is 2. The molecule has 3 aliphatic rings. The molecule has 0 saturated carbocycles. The first-order valence-electron chi connectivity index (χ1n) is 10.6. The van der Waals surface area contributed by atoms with Crippen molar-refractivity contribution in [3.63, 3.8) is 0 Å². The molecular formula is C22H33NO5. The van der Waals surface area contributed by atoms with Crippen molar-refractivity contribution < 1.29 is 23.8 Å². The Bertz CT molecular complexity index is 651. The van der Waals surface area contributed by atoms with Crippen LogP contribution in [0.15, 0.2) is 23.8 Å². The Morgan fingerprint density at radius 1 is 1.36 bits per heavy atom. The van der Waals surface area contributed by atoms with E-state index in [1.54, 1.807) is 4.90 Å². The Morgan fingerprint density at radius 2 is 2.07 bits per heavy atom. The summed E-state index contributed by atoms with van der Waals surface area (Å²) in [6.45, 7) is 11.9. The number of nitrogens with zero attached hydrogens (tertiary/aromatic N) is 1. The van der Waals surface area contributed by atoms with Crippen LogP contribution in [0.25, 0.3) is 0 Å². The zero-order valence-corrected chi connectivity index (χ0v) is 17.4. The Balaban J connectivity index is 1.64. The molecule has 6 heteroatoms. The van der Waals surface area contributed by atoms with E-state index >= 15 is 0 Å². The van der Waals surface area contributed by atoms with Crippen LogP contribution >= 0.6 is 0 Å². The average Bonchev–Trinajstić information content (AvgIpc) is 3.25. The molecule has 0 aromatic heterocycles. The molecular weight excluding hydrogens is 358 g/mol. The third kappa shape index (κ3) is 4.43. The highest BCUT2D eigenvalue weighted by molar-refractivity contribution is 5.91. The summed E-state index contributed by atoms with van der Waals surface area (Å²) in [4.78, 5) is 26.2. The molecule has 1 aliphatic carbocycles. The van der Waals surface area contributed by atoms with Gasteiger partial charge in [0.05, 0.1) is 5.60 Å². The first-order valence-corrected chi connectivity index (χ1v) is 10.6. The van der Waals surface area contributed by atoms with Crippen molar-refractivity contribution in [3.05, 3.63) is 23.8 Å². The predicted octanol–water partition coefficient (Wildman–Crippen LogP) is 4.00. The number of amides is 1. The Labute approximate surface area is 167 Å². The van der Waals surface area contributed by atoms with E-state index in [1.807, 2.05) is 0 Å². The van der Waals surface area contributed by atoms with Crippen molar-refractivity contribution >= 4 is 12.1 Å². The number of esters is 1. The van der Waals surface area contributed by atoms with Crippen LogP contribution in [0.1, 0.15) is 59.3 Å². The lowest BCUT2D eigenvalue weighted by molar-refractivity contribution is -0.140. The topological polar surface area (TPSA) is 68.4 Å². The van der Waals surface area contributed by atoms with Gasteiger partial charge in [-0.15, -0.1) is 0 Å². The lowest BCUT2D eigenvalue weighted by Gasteiger charge is -2.22. The van der Waals surface area contributed by atoms with Gasteiger partial charge in [-0.1, -0.05) is 26.5 Å². The summed E-state index contributed by atoms with van der Waals surface area (Å²) < 4.78 is 17.1. The minimum atomic E-state index is -0.307. The van der Waals surface area contributed by atoms with Gasteiger partial charge in [0.1, 0.15) is 18.8 Å². The first-order chi connectivity index (χ1) is 13.4. The Kier molecular flexibility index (Phi) is 6.48. The van der Waals surface area contributed by atoms with Crippen molar-refractivity contribution in [1.82, 2.24) is 4.90 Å². The van der Waals surface area contributed by atoms with Gasteiger partial charge in [0.2, 0.25) is 0 Å². The third-order valence-corrected chi connectivity index (χ3v) is 6.07. The van der Waals surface area contributed by atoms with Gasteiger partial charge in [-0.2, -0.15) is 0 Å². The van der Waals surface area contributed by atoms with Crippen LogP contribution in [0.4, 0.5) is 4.79 Å². The molecule has 2 saturated heterocycles. The zero-order valence-electron chi connectivity index (χ0n) is 17.4. The molecule has 0 aromatic carbocycles. The fraction of sp³-hybridized carbons (Fsp3) is 0.727. The number of hydrogen-bond acceptors (Lipinski definition) is 5. The van der Waals surface area contributed by atoms with Gasteiger partial charge in [-0.3, -0.25) is 0 Å². The molecule has 1 amide bonds. The molecule has 4 atom stereocenters. The van der Waals surface area contributed by atoms with E-state index < -0.39 is 0 Å². The molecule has 6 nitrogen and oxygen atoms in total. The molecule has 3 rings (SSSR count). The van der Waals surface area contributed by atoms with Gasteiger partial charge in [0.25, 0.3) is 0 Å². The first kappa shape index (κ1) is 20.9. The van der Waals surface area contributed by atoms with Crippen LogP contribution < -0.4 is 0 Å². The van der Waals surface area contributed by atoms with Crippen molar-refractivity contribution in [2.45, 2.75) is 77.1 Å². The third-order valence-electron chi connectivity index (χ3n) is 6.07. The SMILES string of the molecule is C=C1C(=O)O[C@H]2[C@H]1CC/C(COC(=O)N(CCC)CCC)=C\CC[C@@]1(C)O[C@@H]21. The zero-order chi connectivity index (χ0) is 20.3. The summed E-state index contributed by atoms with van der Waals surface area (Å²) in [5.41, 5.74) is 1.38. The van der Waals surface area contributed by atoms with Crippen LogP contribution in [0, 0.1) is 5.92 Å². The number of rotatable bonds is 6. The lowest BCUT2D eigenvalue weighted by Crippen LogP contribution is -2.33. The lowest BCUT2D eigenvalue weighted by atomic mass is 9.84. The van der Waals surface area contributed by atoms with Gasteiger partial charge < -0.3 is 19.1 Å². The summed E-state index contributed by atoms with van der Waals surface area (Å²) in [6.07, 6.45) is 6.70. The molecule has 0 N–H and O–H groups in total. The minimum Gasteiger partial charge on any atom is -0.455 e. The average molecular weight is 392 g/mol. The maximum atomic E-state index is 12.4. The van der Waals surface area contributed by atoms with E-state index in [-0.39, 0.29) is 35.8 Å². The minimum absolute atomic E-state index is 0.0341. The summed E-state index contributed by atoms with van der Waals surface area (Å²) in [6, 6.07) is 0. The molecule has 2 fully saturated rings. The molecule has 0 aromatic rings. The second kappa shape index (κ2) is 8.68. The number of fused-ring (bicyclic) bond motifs is 3. The number of ether oxygens (including phenoxy) is 3. The molecule has 0 bridgehead atoms. The van der Waals surface area contributed by atoms with Crippen LogP contribution in [0.5, 0.6) is 0 Å². The summed E-state index contributed by atoms with van der Waals surface area (Å²) >= 11 is 0. The molecule has 2 aliphatic heterocycles. The van der Waals surface area contributed by atoms with Gasteiger partial charge in [-0.25, -0.2) is 9.59 Å². The largest absolute Gasteiger partial charge is 0.455 e. The molecule has 0 radical (unpaired) electrons. The van der Waals surface area contributed by atoms with Gasteiger partial charge in [0.15, 0.2) is 0 Å². The van der Waals surface area contributed by atoms with E-state index in [9.17, 15) is 9.59 Å². The summed E-state index contributed by atoms with van der Waals surface area (Å²) in [5.74, 6) is -0.341. The number of epoxide rings is 1. The van der Waals surface area contributed by atoms with Crippen molar-refractivity contribution in [2.75, 3.05) is 19.7 Å². The molecule has 156 valence electrons. The fourth-order valence-corrected chi connectivity index (χ4v) is 4.33. The van der Waals surface area contributed by atoms with E-state index in [0.29, 0.717) is 25.3 Å². The van der Waals surface area contributed by atoms with Crippen molar-refractivity contribution in [3.8, 4) is 0 Å². The highest BCUT2D eigenvalue weighted by Gasteiger charge is 2.61. The van der Waals surface area contributed by atoms with Gasteiger partial charge >= 0.3 is 12.1 Å². The standard InChI is InChI=1S/C22H33NO5/c1-5-12-23(13-6-2)21(25)26-14-16-8-7-11-22(4)19(28-22)18-17(10-9-16)15(3)20(24)27-18/h8,17-19H,3,5-7,9-14H2,1-2,4H3/b16-8+/t17-,18-,19-,22+/m0/s1. The van der Waals surface area contributed by atoms with Crippen molar-refractivity contribution in [1.29, 1.82) is 0 Å². The van der Waals surface area contributed by atoms with Crippen LogP contribution in [-0.2, 0) is 19.0 Å². The van der Waals surface area contributed by atoms with Crippen LogP contribution in [0.2, 0.25) is 0 Å². The van der Waals surface area contributed by atoms with Gasteiger partial charge in [-0.05, 0) is 51.0 Å².